The fourth-order valence-corrected chi connectivity index (χ4v) is 1.77. The van der Waals surface area contributed by atoms with E-state index in [1.807, 2.05) is 0 Å². The summed E-state index contributed by atoms with van der Waals surface area (Å²) in [7, 11) is 2.21. The van der Waals surface area contributed by atoms with Crippen LogP contribution >= 0.6 is 12.4 Å². The van der Waals surface area contributed by atoms with Crippen molar-refractivity contribution < 1.29 is 0 Å². The summed E-state index contributed by atoms with van der Waals surface area (Å²) in [5, 5.41) is 3.44. The number of likely N-dealkylation sites (tertiary alicyclic amines) is 1. The molecule has 2 aliphatic rings. The molecule has 2 fully saturated rings. The Labute approximate surface area is 62.0 Å². The standard InChI is InChI=1S/C6H12N2.ClH/c1-8-4-5-2-6(8)3-7-5;/h5-7H,2-4H2,1H3;1H/t5-,6-;/m1./s1. The van der Waals surface area contributed by atoms with Crippen LogP contribution in [0.1, 0.15) is 6.42 Å². The minimum absolute atomic E-state index is 0. The van der Waals surface area contributed by atoms with Crippen molar-refractivity contribution in [3.8, 4) is 0 Å². The van der Waals surface area contributed by atoms with Crippen LogP contribution in [0.3, 0.4) is 0 Å². The van der Waals surface area contributed by atoms with Crippen LogP contribution in [0, 0.1) is 0 Å². The normalized spacial score (nSPS) is 41.0. The van der Waals surface area contributed by atoms with Crippen LogP contribution in [0.25, 0.3) is 0 Å². The largest absolute Gasteiger partial charge is 0.311 e. The van der Waals surface area contributed by atoms with Gasteiger partial charge in [-0.15, -0.1) is 12.4 Å². The second-order valence-corrected chi connectivity index (χ2v) is 2.93. The van der Waals surface area contributed by atoms with Crippen LogP contribution < -0.4 is 5.32 Å². The molecule has 0 amide bonds. The van der Waals surface area contributed by atoms with Gasteiger partial charge in [0.05, 0.1) is 0 Å². The van der Waals surface area contributed by atoms with Gasteiger partial charge in [-0.05, 0) is 13.5 Å². The lowest BCUT2D eigenvalue weighted by Gasteiger charge is -2.21. The highest BCUT2D eigenvalue weighted by atomic mass is 35.5. The third-order valence-electron chi connectivity index (χ3n) is 2.33. The molecule has 0 aliphatic carbocycles. The fourth-order valence-electron chi connectivity index (χ4n) is 1.77. The average Bonchev–Trinajstić information content (AvgIpc) is 2.23. The Morgan fingerprint density at radius 1 is 1.56 bits per heavy atom. The van der Waals surface area contributed by atoms with Crippen molar-refractivity contribution in [2.24, 2.45) is 0 Å². The van der Waals surface area contributed by atoms with Crippen molar-refractivity contribution in [2.75, 3.05) is 20.1 Å². The monoisotopic (exact) mass is 148 g/mol. The van der Waals surface area contributed by atoms with E-state index in [-0.39, 0.29) is 12.4 Å². The van der Waals surface area contributed by atoms with Gasteiger partial charge in [0.15, 0.2) is 0 Å². The lowest BCUT2D eigenvalue weighted by atomic mass is 10.2. The molecule has 0 radical (unpaired) electrons. The van der Waals surface area contributed by atoms with E-state index in [1.165, 1.54) is 19.5 Å². The van der Waals surface area contributed by atoms with Crippen LogP contribution in [0.15, 0.2) is 0 Å². The Kier molecular flexibility index (Phi) is 1.99. The smallest absolute Gasteiger partial charge is 0.0233 e. The van der Waals surface area contributed by atoms with Gasteiger partial charge in [0.25, 0.3) is 0 Å². The summed E-state index contributed by atoms with van der Waals surface area (Å²) >= 11 is 0. The number of rotatable bonds is 0. The first-order chi connectivity index (χ1) is 3.86. The quantitative estimate of drug-likeness (QED) is 0.524. The van der Waals surface area contributed by atoms with Crippen LogP contribution in [0.2, 0.25) is 0 Å². The molecule has 3 heteroatoms. The molecule has 0 aromatic heterocycles. The molecule has 2 bridgehead atoms. The second-order valence-electron chi connectivity index (χ2n) is 2.93. The zero-order valence-corrected chi connectivity index (χ0v) is 6.45. The van der Waals surface area contributed by atoms with Crippen molar-refractivity contribution in [1.29, 1.82) is 0 Å². The third-order valence-corrected chi connectivity index (χ3v) is 2.33. The number of nitrogens with zero attached hydrogens (tertiary/aromatic N) is 1. The van der Waals surface area contributed by atoms with Gasteiger partial charge in [0, 0.05) is 25.2 Å². The molecule has 0 spiro atoms. The number of hydrogen-bond donors (Lipinski definition) is 1. The van der Waals surface area contributed by atoms with Crippen molar-refractivity contribution in [1.82, 2.24) is 10.2 Å². The highest BCUT2D eigenvalue weighted by molar-refractivity contribution is 5.85. The Bertz CT molecular complexity index is 105. The van der Waals surface area contributed by atoms with E-state index in [1.54, 1.807) is 0 Å². The van der Waals surface area contributed by atoms with Gasteiger partial charge in [-0.25, -0.2) is 0 Å². The van der Waals surface area contributed by atoms with Gasteiger partial charge in [0.2, 0.25) is 0 Å². The van der Waals surface area contributed by atoms with Crippen molar-refractivity contribution in [3.63, 3.8) is 0 Å². The molecule has 54 valence electrons. The lowest BCUT2D eigenvalue weighted by Crippen LogP contribution is -2.41. The summed E-state index contributed by atoms with van der Waals surface area (Å²) in [6, 6.07) is 1.69. The molecule has 2 rings (SSSR count). The first-order valence-corrected chi connectivity index (χ1v) is 3.30. The van der Waals surface area contributed by atoms with Gasteiger partial charge < -0.3 is 10.2 Å². The molecule has 2 nitrogen and oxygen atoms in total. The van der Waals surface area contributed by atoms with Crippen molar-refractivity contribution in [2.45, 2.75) is 18.5 Å². The Hall–Kier alpha value is 0.210. The SMILES string of the molecule is CN1C[C@H]2C[C@@H]1CN2.Cl. The van der Waals surface area contributed by atoms with Crippen LogP contribution in [0.4, 0.5) is 0 Å². The minimum Gasteiger partial charge on any atom is -0.311 e. The number of halogens is 1. The molecular formula is C6H13ClN2. The topological polar surface area (TPSA) is 15.3 Å². The molecule has 2 aliphatic heterocycles. The van der Waals surface area contributed by atoms with Gasteiger partial charge in [0.1, 0.15) is 0 Å². The number of hydrogen-bond acceptors (Lipinski definition) is 2. The van der Waals surface area contributed by atoms with E-state index in [2.05, 4.69) is 17.3 Å². The highest BCUT2D eigenvalue weighted by Gasteiger charge is 2.34. The Morgan fingerprint density at radius 3 is 2.56 bits per heavy atom. The fraction of sp³-hybridized carbons (Fsp3) is 1.00. The molecule has 0 aromatic carbocycles. The summed E-state index contributed by atoms with van der Waals surface area (Å²) in [5.41, 5.74) is 0. The summed E-state index contributed by atoms with van der Waals surface area (Å²) in [6.45, 7) is 2.49. The Morgan fingerprint density at radius 2 is 2.33 bits per heavy atom. The van der Waals surface area contributed by atoms with Crippen LogP contribution in [-0.4, -0.2) is 37.1 Å². The zero-order chi connectivity index (χ0) is 5.56. The minimum atomic E-state index is 0. The molecule has 9 heavy (non-hydrogen) atoms. The molecule has 0 saturated carbocycles. The average molecular weight is 149 g/mol. The van der Waals surface area contributed by atoms with E-state index in [9.17, 15) is 0 Å². The second kappa shape index (κ2) is 2.45. The van der Waals surface area contributed by atoms with Crippen molar-refractivity contribution >= 4 is 12.4 Å². The van der Waals surface area contributed by atoms with Gasteiger partial charge in [-0.3, -0.25) is 0 Å². The maximum Gasteiger partial charge on any atom is 0.0233 e. The molecule has 0 unspecified atom stereocenters. The predicted octanol–water partition coefficient (Wildman–Crippen LogP) is 0.0841. The lowest BCUT2D eigenvalue weighted by molar-refractivity contribution is 0.276. The summed E-state index contributed by atoms with van der Waals surface area (Å²) in [6.07, 6.45) is 1.39. The van der Waals surface area contributed by atoms with Crippen molar-refractivity contribution in [3.05, 3.63) is 0 Å². The number of piperazine rings is 1. The summed E-state index contributed by atoms with van der Waals surface area (Å²) in [4.78, 5) is 2.45. The van der Waals surface area contributed by atoms with Gasteiger partial charge >= 0.3 is 0 Å². The van der Waals surface area contributed by atoms with E-state index < -0.39 is 0 Å². The highest BCUT2D eigenvalue weighted by Crippen LogP contribution is 2.20. The first kappa shape index (κ1) is 7.32. The molecule has 2 atom stereocenters. The van der Waals surface area contributed by atoms with Crippen LogP contribution in [-0.2, 0) is 0 Å². The number of fused-ring (bicyclic) bond motifs is 2. The molecular weight excluding hydrogens is 136 g/mol. The van der Waals surface area contributed by atoms with Crippen LogP contribution in [0.5, 0.6) is 0 Å². The summed E-state index contributed by atoms with van der Waals surface area (Å²) < 4.78 is 0. The third kappa shape index (κ3) is 1.07. The molecule has 2 saturated heterocycles. The molecule has 0 aromatic rings. The van der Waals surface area contributed by atoms with E-state index in [0.29, 0.717) is 0 Å². The van der Waals surface area contributed by atoms with E-state index >= 15 is 0 Å². The Balaban J connectivity index is 0.000000405. The van der Waals surface area contributed by atoms with E-state index in [0.717, 1.165) is 12.1 Å². The van der Waals surface area contributed by atoms with Gasteiger partial charge in [-0.1, -0.05) is 0 Å². The predicted molar refractivity (Wildman–Crippen MR) is 40.1 cm³/mol. The van der Waals surface area contributed by atoms with Gasteiger partial charge in [-0.2, -0.15) is 0 Å². The molecule has 2 heterocycles. The maximum atomic E-state index is 3.44. The molecule has 1 N–H and O–H groups in total. The zero-order valence-electron chi connectivity index (χ0n) is 5.63. The number of likely N-dealkylation sites (N-methyl/N-ethyl adjacent to an activating group) is 1. The number of nitrogens with one attached hydrogen (secondary N) is 1. The maximum absolute atomic E-state index is 3.44. The first-order valence-electron chi connectivity index (χ1n) is 3.30. The van der Waals surface area contributed by atoms with E-state index in [4.69, 9.17) is 0 Å². The summed E-state index contributed by atoms with van der Waals surface area (Å²) in [5.74, 6) is 0.